The molecule has 0 spiro atoms. The first kappa shape index (κ1) is 10.7. The summed E-state index contributed by atoms with van der Waals surface area (Å²) in [6.45, 7) is 0. The molecule has 8 heteroatoms. The van der Waals surface area contributed by atoms with Crippen LogP contribution in [0.1, 0.15) is 0 Å². The molecular formula is C6H9N3O4S. The molecule has 1 rings (SSSR count). The predicted molar refractivity (Wildman–Crippen MR) is 49.5 cm³/mol. The van der Waals surface area contributed by atoms with E-state index in [2.05, 4.69) is 14.7 Å². The highest BCUT2D eigenvalue weighted by molar-refractivity contribution is 7.80. The van der Waals surface area contributed by atoms with Crippen molar-refractivity contribution in [2.24, 2.45) is 0 Å². The largest absolute Gasteiger partial charge is 0.481 e. The molecule has 1 heterocycles. The van der Waals surface area contributed by atoms with E-state index in [-0.39, 0.29) is 17.7 Å². The molecule has 0 amide bonds. The van der Waals surface area contributed by atoms with Gasteiger partial charge in [-0.15, -0.1) is 0 Å². The van der Waals surface area contributed by atoms with Crippen LogP contribution in [0.15, 0.2) is 6.07 Å². The van der Waals surface area contributed by atoms with E-state index in [0.29, 0.717) is 0 Å². The Morgan fingerprint density at radius 1 is 1.43 bits per heavy atom. The van der Waals surface area contributed by atoms with Crippen LogP contribution in [0.5, 0.6) is 11.9 Å². The van der Waals surface area contributed by atoms with Gasteiger partial charge in [-0.05, 0) is 0 Å². The second kappa shape index (κ2) is 4.72. The normalized spacial score (nSPS) is 11.9. The predicted octanol–water partition coefficient (Wildman–Crippen LogP) is 0.0424. The molecule has 1 unspecified atom stereocenters. The Labute approximate surface area is 82.9 Å². The van der Waals surface area contributed by atoms with Crippen LogP contribution in [0.25, 0.3) is 0 Å². The molecule has 78 valence electrons. The standard InChI is InChI=1S/C6H9N3O4S/c1-12-5-3-4(9-14(10)11)7-6(8-5)13-2/h3H,1-2H3,(H,10,11)(H,7,8,9). The summed E-state index contributed by atoms with van der Waals surface area (Å²) in [7, 11) is 2.80. The van der Waals surface area contributed by atoms with Gasteiger partial charge in [-0.1, -0.05) is 0 Å². The van der Waals surface area contributed by atoms with E-state index < -0.39 is 11.3 Å². The molecule has 0 aromatic carbocycles. The summed E-state index contributed by atoms with van der Waals surface area (Å²) in [5.41, 5.74) is 0. The fourth-order valence-electron chi connectivity index (χ4n) is 0.741. The number of methoxy groups -OCH3 is 2. The van der Waals surface area contributed by atoms with Crippen LogP contribution in [0, 0.1) is 0 Å². The average Bonchev–Trinajstić information content (AvgIpc) is 2.16. The summed E-state index contributed by atoms with van der Waals surface area (Å²) < 4.78 is 30.7. The Hall–Kier alpha value is -1.41. The van der Waals surface area contributed by atoms with E-state index in [4.69, 9.17) is 14.0 Å². The highest BCUT2D eigenvalue weighted by Crippen LogP contribution is 2.16. The molecule has 14 heavy (non-hydrogen) atoms. The third-order valence-electron chi connectivity index (χ3n) is 1.27. The van der Waals surface area contributed by atoms with Gasteiger partial charge >= 0.3 is 6.01 Å². The molecule has 0 radical (unpaired) electrons. The maximum Gasteiger partial charge on any atom is 0.321 e. The van der Waals surface area contributed by atoms with Gasteiger partial charge in [-0.2, -0.15) is 9.97 Å². The molecule has 0 bridgehead atoms. The lowest BCUT2D eigenvalue weighted by atomic mass is 10.6. The number of hydrogen-bond acceptors (Lipinski definition) is 5. The zero-order valence-electron chi connectivity index (χ0n) is 7.55. The molecule has 7 nitrogen and oxygen atoms in total. The van der Waals surface area contributed by atoms with Crippen LogP contribution in [0.3, 0.4) is 0 Å². The van der Waals surface area contributed by atoms with Crippen molar-refractivity contribution in [3.8, 4) is 11.9 Å². The summed E-state index contributed by atoms with van der Waals surface area (Å²) in [5.74, 6) is 0.388. The van der Waals surface area contributed by atoms with Crippen LogP contribution >= 0.6 is 0 Å². The molecular weight excluding hydrogens is 210 g/mol. The zero-order chi connectivity index (χ0) is 10.6. The van der Waals surface area contributed by atoms with Crippen molar-refractivity contribution >= 4 is 17.1 Å². The van der Waals surface area contributed by atoms with E-state index in [1.165, 1.54) is 20.3 Å². The Bertz CT molecular complexity index is 324. The lowest BCUT2D eigenvalue weighted by Gasteiger charge is -2.05. The maximum atomic E-state index is 10.4. The Morgan fingerprint density at radius 2 is 2.14 bits per heavy atom. The van der Waals surface area contributed by atoms with E-state index in [0.717, 1.165) is 0 Å². The average molecular weight is 219 g/mol. The molecule has 0 aliphatic heterocycles. The fourth-order valence-corrected chi connectivity index (χ4v) is 1.02. The topological polar surface area (TPSA) is 93.6 Å². The molecule has 0 fully saturated rings. The van der Waals surface area contributed by atoms with Crippen LogP contribution in [-0.4, -0.2) is 32.9 Å². The van der Waals surface area contributed by atoms with Crippen molar-refractivity contribution in [2.75, 3.05) is 18.9 Å². The monoisotopic (exact) mass is 219 g/mol. The van der Waals surface area contributed by atoms with E-state index in [9.17, 15) is 4.21 Å². The zero-order valence-corrected chi connectivity index (χ0v) is 8.37. The van der Waals surface area contributed by atoms with Gasteiger partial charge in [0.2, 0.25) is 5.88 Å². The number of nitrogens with one attached hydrogen (secondary N) is 1. The van der Waals surface area contributed by atoms with Gasteiger partial charge in [0.25, 0.3) is 11.3 Å². The second-order valence-electron chi connectivity index (χ2n) is 2.13. The van der Waals surface area contributed by atoms with E-state index in [1.54, 1.807) is 0 Å². The number of aromatic nitrogens is 2. The van der Waals surface area contributed by atoms with Gasteiger partial charge in [0.15, 0.2) is 5.82 Å². The molecule has 2 N–H and O–H groups in total. The molecule has 0 aliphatic carbocycles. The Morgan fingerprint density at radius 3 is 2.64 bits per heavy atom. The van der Waals surface area contributed by atoms with Crippen molar-refractivity contribution in [2.45, 2.75) is 0 Å². The van der Waals surface area contributed by atoms with Crippen LogP contribution in [0.4, 0.5) is 5.82 Å². The fraction of sp³-hybridized carbons (Fsp3) is 0.333. The van der Waals surface area contributed by atoms with Crippen molar-refractivity contribution < 1.29 is 18.2 Å². The van der Waals surface area contributed by atoms with Gasteiger partial charge < -0.3 is 9.47 Å². The Kier molecular flexibility index (Phi) is 3.60. The molecule has 0 saturated heterocycles. The molecule has 1 aromatic rings. The third-order valence-corrected chi connectivity index (χ3v) is 1.65. The summed E-state index contributed by atoms with van der Waals surface area (Å²) in [6, 6.07) is 1.42. The number of nitrogens with zero attached hydrogens (tertiary/aromatic N) is 2. The van der Waals surface area contributed by atoms with Crippen molar-refractivity contribution in [1.82, 2.24) is 9.97 Å². The number of anilines is 1. The summed E-state index contributed by atoms with van der Waals surface area (Å²) in [5, 5.41) is 0. The Balaban J connectivity index is 2.98. The number of rotatable bonds is 4. The summed E-state index contributed by atoms with van der Waals surface area (Å²) in [6.07, 6.45) is 0. The van der Waals surface area contributed by atoms with E-state index in [1.807, 2.05) is 0 Å². The van der Waals surface area contributed by atoms with Crippen LogP contribution in [-0.2, 0) is 11.3 Å². The van der Waals surface area contributed by atoms with Gasteiger partial charge in [0, 0.05) is 6.07 Å². The maximum absolute atomic E-state index is 10.4. The summed E-state index contributed by atoms with van der Waals surface area (Å²) in [4.78, 5) is 7.56. The highest BCUT2D eigenvalue weighted by atomic mass is 32.2. The summed E-state index contributed by atoms with van der Waals surface area (Å²) >= 11 is -2.19. The van der Waals surface area contributed by atoms with Crippen LogP contribution in [0.2, 0.25) is 0 Å². The SMILES string of the molecule is COc1cc(NS(=O)O)nc(OC)n1. The van der Waals surface area contributed by atoms with Crippen molar-refractivity contribution in [3.05, 3.63) is 6.07 Å². The smallest absolute Gasteiger partial charge is 0.321 e. The minimum absolute atomic E-state index is 0.0531. The minimum atomic E-state index is -2.19. The lowest BCUT2D eigenvalue weighted by molar-refractivity contribution is 0.353. The number of hydrogen-bond donors (Lipinski definition) is 2. The van der Waals surface area contributed by atoms with Crippen LogP contribution < -0.4 is 14.2 Å². The second-order valence-corrected chi connectivity index (χ2v) is 2.84. The highest BCUT2D eigenvalue weighted by Gasteiger charge is 2.05. The number of ether oxygens (including phenoxy) is 2. The third kappa shape index (κ3) is 2.82. The molecule has 1 aromatic heterocycles. The minimum Gasteiger partial charge on any atom is -0.481 e. The lowest BCUT2D eigenvalue weighted by Crippen LogP contribution is -2.06. The van der Waals surface area contributed by atoms with Gasteiger partial charge in [0.1, 0.15) is 0 Å². The quantitative estimate of drug-likeness (QED) is 0.694. The van der Waals surface area contributed by atoms with Crippen molar-refractivity contribution in [3.63, 3.8) is 0 Å². The molecule has 1 atom stereocenters. The van der Waals surface area contributed by atoms with E-state index >= 15 is 0 Å². The molecule has 0 aliphatic rings. The first-order valence-corrected chi connectivity index (χ1v) is 4.61. The van der Waals surface area contributed by atoms with Gasteiger partial charge in [-0.25, -0.2) is 4.21 Å². The molecule has 0 saturated carbocycles. The van der Waals surface area contributed by atoms with Gasteiger partial charge in [-0.3, -0.25) is 9.27 Å². The van der Waals surface area contributed by atoms with Gasteiger partial charge in [0.05, 0.1) is 14.2 Å². The first-order valence-electron chi connectivity index (χ1n) is 3.50. The van der Waals surface area contributed by atoms with Crippen molar-refractivity contribution in [1.29, 1.82) is 0 Å². The first-order chi connectivity index (χ1) is 6.65.